The van der Waals surface area contributed by atoms with E-state index in [0.29, 0.717) is 18.4 Å². The third kappa shape index (κ3) is 3.79. The quantitative estimate of drug-likeness (QED) is 0.304. The lowest BCUT2D eigenvalue weighted by atomic mass is 9.64. The summed E-state index contributed by atoms with van der Waals surface area (Å²) in [5.74, 6) is -1.00. The van der Waals surface area contributed by atoms with Crippen LogP contribution in [0.3, 0.4) is 0 Å². The number of carboxylic acids is 1. The summed E-state index contributed by atoms with van der Waals surface area (Å²) in [5, 5.41) is 29.4. The molecule has 1 saturated carbocycles. The largest absolute Gasteiger partial charge is 0.478 e. The molecular weight excluding hydrogens is 359 g/mol. The molecule has 0 heterocycles. The summed E-state index contributed by atoms with van der Waals surface area (Å²) in [6, 6.07) is 0. The molecule has 108 valence electrons. The molecule has 0 spiro atoms. The highest BCUT2D eigenvalue weighted by atomic mass is 127. The van der Waals surface area contributed by atoms with Crippen LogP contribution < -0.4 is 0 Å². The number of carbonyl (C=O) groups is 1. The van der Waals surface area contributed by atoms with E-state index in [4.69, 9.17) is 5.11 Å². The van der Waals surface area contributed by atoms with Gasteiger partial charge in [0, 0.05) is 15.4 Å². The van der Waals surface area contributed by atoms with Gasteiger partial charge in [0.1, 0.15) is 0 Å². The maximum atomic E-state index is 10.9. The van der Waals surface area contributed by atoms with Crippen LogP contribution >= 0.6 is 22.6 Å². The number of aliphatic hydroxyl groups is 2. The van der Waals surface area contributed by atoms with Crippen LogP contribution in [-0.2, 0) is 4.79 Å². The number of allylic oxidation sites excluding steroid dienone is 2. The molecule has 0 aliphatic heterocycles. The van der Waals surface area contributed by atoms with Crippen molar-refractivity contribution >= 4 is 28.6 Å². The van der Waals surface area contributed by atoms with E-state index >= 15 is 0 Å². The van der Waals surface area contributed by atoms with Gasteiger partial charge in [-0.1, -0.05) is 48.6 Å². The first-order valence-corrected chi connectivity index (χ1v) is 7.48. The second-order valence-corrected chi connectivity index (χ2v) is 7.33. The van der Waals surface area contributed by atoms with Crippen LogP contribution in [-0.4, -0.2) is 36.9 Å². The summed E-state index contributed by atoms with van der Waals surface area (Å²) >= 11 is 2.15. The Morgan fingerprint density at radius 2 is 2.00 bits per heavy atom. The molecule has 0 aromatic heterocycles. The first-order chi connectivity index (χ1) is 8.58. The molecule has 0 unspecified atom stereocenters. The fourth-order valence-corrected chi connectivity index (χ4v) is 4.15. The zero-order valence-corrected chi connectivity index (χ0v) is 13.6. The van der Waals surface area contributed by atoms with Gasteiger partial charge in [0.05, 0.1) is 11.7 Å². The third-order valence-corrected chi connectivity index (χ3v) is 5.20. The smallest absolute Gasteiger partial charge is 0.328 e. The first kappa shape index (κ1) is 16.7. The van der Waals surface area contributed by atoms with E-state index in [2.05, 4.69) is 22.6 Å². The average Bonchev–Trinajstić information content (AvgIpc) is 2.21. The summed E-state index contributed by atoms with van der Waals surface area (Å²) < 4.78 is -0.113. The lowest BCUT2D eigenvalue weighted by Gasteiger charge is -2.49. The maximum Gasteiger partial charge on any atom is 0.328 e. The van der Waals surface area contributed by atoms with E-state index in [9.17, 15) is 15.0 Å². The van der Waals surface area contributed by atoms with Crippen molar-refractivity contribution in [3.05, 3.63) is 23.8 Å². The highest BCUT2D eigenvalue weighted by Gasteiger charge is 2.51. The van der Waals surface area contributed by atoms with Gasteiger partial charge in [-0.3, -0.25) is 0 Å². The second kappa shape index (κ2) is 5.93. The molecule has 0 amide bonds. The lowest BCUT2D eigenvalue weighted by molar-refractivity contribution is -0.131. The molecule has 0 aromatic carbocycles. The Balaban J connectivity index is 3.01. The zero-order valence-electron chi connectivity index (χ0n) is 11.4. The number of hydrogen-bond donors (Lipinski definition) is 3. The SMILES string of the molecule is CC(=C/C(=O)O)/C=C/[C@]1(O)[C@@H](I)C[C@H](O)CC1(C)C. The topological polar surface area (TPSA) is 77.8 Å². The molecule has 1 fully saturated rings. The van der Waals surface area contributed by atoms with Gasteiger partial charge >= 0.3 is 5.97 Å². The van der Waals surface area contributed by atoms with Crippen molar-refractivity contribution in [3.8, 4) is 0 Å². The van der Waals surface area contributed by atoms with Gasteiger partial charge in [-0.25, -0.2) is 4.79 Å². The van der Waals surface area contributed by atoms with Crippen LogP contribution in [0.5, 0.6) is 0 Å². The van der Waals surface area contributed by atoms with Crippen LogP contribution in [0.4, 0.5) is 0 Å². The van der Waals surface area contributed by atoms with Gasteiger partial charge in [-0.2, -0.15) is 0 Å². The summed E-state index contributed by atoms with van der Waals surface area (Å²) in [6.07, 6.45) is 5.07. The molecule has 5 heteroatoms. The van der Waals surface area contributed by atoms with Crippen molar-refractivity contribution in [1.29, 1.82) is 0 Å². The molecule has 1 aliphatic rings. The molecule has 3 N–H and O–H groups in total. The summed E-state index contributed by atoms with van der Waals surface area (Å²) in [7, 11) is 0. The van der Waals surface area contributed by atoms with Gasteiger partial charge in [-0.05, 0) is 25.3 Å². The minimum Gasteiger partial charge on any atom is -0.478 e. The zero-order chi connectivity index (χ0) is 14.8. The predicted octanol–water partition coefficient (Wildman–Crippen LogP) is 2.29. The van der Waals surface area contributed by atoms with Gasteiger partial charge in [0.2, 0.25) is 0 Å². The number of hydrogen-bond acceptors (Lipinski definition) is 3. The molecule has 0 aromatic rings. The molecule has 3 atom stereocenters. The van der Waals surface area contributed by atoms with Gasteiger partial charge in [-0.15, -0.1) is 0 Å². The Morgan fingerprint density at radius 3 is 2.47 bits per heavy atom. The normalized spacial score (nSPS) is 35.6. The van der Waals surface area contributed by atoms with E-state index in [-0.39, 0.29) is 3.92 Å². The van der Waals surface area contributed by atoms with E-state index in [0.717, 1.165) is 6.08 Å². The number of alkyl halides is 1. The number of halogens is 1. The second-order valence-electron chi connectivity index (χ2n) is 5.83. The lowest BCUT2D eigenvalue weighted by Crippen LogP contribution is -2.56. The molecule has 19 heavy (non-hydrogen) atoms. The Bertz CT molecular complexity index is 414. The molecule has 0 radical (unpaired) electrons. The van der Waals surface area contributed by atoms with Crippen LogP contribution in [0, 0.1) is 5.41 Å². The van der Waals surface area contributed by atoms with Crippen molar-refractivity contribution in [2.24, 2.45) is 5.41 Å². The fourth-order valence-electron chi connectivity index (χ4n) is 2.51. The summed E-state index contributed by atoms with van der Waals surface area (Å²) in [5.41, 5.74) is -0.942. The minimum absolute atomic E-state index is 0.113. The first-order valence-electron chi connectivity index (χ1n) is 6.23. The molecule has 1 aliphatic carbocycles. The van der Waals surface area contributed by atoms with Crippen LogP contribution in [0.25, 0.3) is 0 Å². The summed E-state index contributed by atoms with van der Waals surface area (Å²) in [6.45, 7) is 5.52. The van der Waals surface area contributed by atoms with E-state index in [1.807, 2.05) is 13.8 Å². The highest BCUT2D eigenvalue weighted by molar-refractivity contribution is 14.1. The van der Waals surface area contributed by atoms with E-state index in [1.54, 1.807) is 19.1 Å². The van der Waals surface area contributed by atoms with Crippen molar-refractivity contribution in [2.45, 2.75) is 49.2 Å². The molecular formula is C14H21IO4. The van der Waals surface area contributed by atoms with Crippen molar-refractivity contribution in [2.75, 3.05) is 0 Å². The van der Waals surface area contributed by atoms with Crippen LogP contribution in [0.1, 0.15) is 33.6 Å². The molecule has 0 saturated heterocycles. The Morgan fingerprint density at radius 1 is 1.42 bits per heavy atom. The van der Waals surface area contributed by atoms with E-state index in [1.165, 1.54) is 0 Å². The fraction of sp³-hybridized carbons (Fsp3) is 0.643. The van der Waals surface area contributed by atoms with E-state index < -0.39 is 23.1 Å². The van der Waals surface area contributed by atoms with Gasteiger partial charge in [0.25, 0.3) is 0 Å². The van der Waals surface area contributed by atoms with Gasteiger partial charge in [0.15, 0.2) is 0 Å². The maximum absolute atomic E-state index is 10.9. The Hall–Kier alpha value is -0.400. The molecule has 0 bridgehead atoms. The highest BCUT2D eigenvalue weighted by Crippen LogP contribution is 2.48. The van der Waals surface area contributed by atoms with Crippen molar-refractivity contribution < 1.29 is 20.1 Å². The minimum atomic E-state index is -1.06. The Labute approximate surface area is 127 Å². The van der Waals surface area contributed by atoms with Crippen LogP contribution in [0.2, 0.25) is 0 Å². The number of aliphatic hydroxyl groups excluding tert-OH is 1. The van der Waals surface area contributed by atoms with Crippen LogP contribution in [0.15, 0.2) is 23.8 Å². The monoisotopic (exact) mass is 380 g/mol. The number of carboxylic acid groups (broad SMARTS) is 1. The summed E-state index contributed by atoms with van der Waals surface area (Å²) in [4.78, 5) is 10.6. The predicted molar refractivity (Wildman–Crippen MR) is 82.3 cm³/mol. The average molecular weight is 380 g/mol. The Kier molecular flexibility index (Phi) is 5.20. The molecule has 4 nitrogen and oxygen atoms in total. The van der Waals surface area contributed by atoms with Crippen molar-refractivity contribution in [3.63, 3.8) is 0 Å². The van der Waals surface area contributed by atoms with Gasteiger partial charge < -0.3 is 15.3 Å². The molecule has 1 rings (SSSR count). The number of rotatable bonds is 3. The van der Waals surface area contributed by atoms with Crippen molar-refractivity contribution in [1.82, 2.24) is 0 Å². The number of aliphatic carboxylic acids is 1. The standard InChI is InChI=1S/C14H21IO4/c1-9(6-12(17)18)4-5-14(19)11(15)7-10(16)8-13(14,2)3/h4-6,10-11,16,19H,7-8H2,1-3H3,(H,17,18)/b5-4+,9-6-/t10-,11-,14-/m0/s1. The third-order valence-electron chi connectivity index (χ3n) is 3.74.